The number of rotatable bonds is 8. The van der Waals surface area contributed by atoms with Gasteiger partial charge in [-0.05, 0) is 29.7 Å². The zero-order valence-electron chi connectivity index (χ0n) is 14.3. The van der Waals surface area contributed by atoms with E-state index in [-0.39, 0.29) is 11.9 Å². The Labute approximate surface area is 142 Å². The van der Waals surface area contributed by atoms with E-state index in [4.69, 9.17) is 9.47 Å². The molecular formula is C17H24N4O3. The predicted molar refractivity (Wildman–Crippen MR) is 91.2 cm³/mol. The van der Waals surface area contributed by atoms with Gasteiger partial charge in [0.15, 0.2) is 11.5 Å². The van der Waals surface area contributed by atoms with Crippen molar-refractivity contribution in [3.63, 3.8) is 0 Å². The number of carbonyl (C=O) groups is 1. The van der Waals surface area contributed by atoms with E-state index in [0.717, 1.165) is 12.1 Å². The maximum absolute atomic E-state index is 11.9. The van der Waals surface area contributed by atoms with Crippen LogP contribution < -0.4 is 20.1 Å². The first kappa shape index (κ1) is 17.7. The molecule has 2 amide bonds. The second kappa shape index (κ2) is 8.81. The van der Waals surface area contributed by atoms with Crippen LogP contribution in [0.25, 0.3) is 0 Å². The van der Waals surface area contributed by atoms with E-state index in [1.54, 1.807) is 20.4 Å². The monoisotopic (exact) mass is 332 g/mol. The molecule has 0 spiro atoms. The molecule has 2 N–H and O–H groups in total. The maximum atomic E-state index is 11.9. The second-order valence-corrected chi connectivity index (χ2v) is 5.59. The highest BCUT2D eigenvalue weighted by Crippen LogP contribution is 2.27. The molecule has 0 saturated carbocycles. The molecule has 24 heavy (non-hydrogen) atoms. The van der Waals surface area contributed by atoms with Crippen LogP contribution >= 0.6 is 0 Å². The van der Waals surface area contributed by atoms with Crippen molar-refractivity contribution in [3.8, 4) is 11.5 Å². The molecule has 2 aromatic rings. The molecule has 2 rings (SSSR count). The van der Waals surface area contributed by atoms with Gasteiger partial charge in [0.25, 0.3) is 0 Å². The molecule has 0 aliphatic rings. The number of nitrogens with zero attached hydrogens (tertiary/aromatic N) is 2. The summed E-state index contributed by atoms with van der Waals surface area (Å²) in [6.07, 6.45) is 3.66. The van der Waals surface area contributed by atoms with Crippen molar-refractivity contribution in [2.24, 2.45) is 5.92 Å². The summed E-state index contributed by atoms with van der Waals surface area (Å²) in [5.41, 5.74) is 0.937. The van der Waals surface area contributed by atoms with Gasteiger partial charge in [-0.25, -0.2) is 4.79 Å². The van der Waals surface area contributed by atoms with E-state index in [0.29, 0.717) is 24.6 Å². The molecule has 0 aliphatic heterocycles. The van der Waals surface area contributed by atoms with Crippen LogP contribution in [0.4, 0.5) is 4.79 Å². The summed E-state index contributed by atoms with van der Waals surface area (Å²) >= 11 is 0. The number of hydrogen-bond donors (Lipinski definition) is 2. The number of benzene rings is 1. The number of methoxy groups -OCH3 is 2. The molecule has 0 radical (unpaired) electrons. The number of aromatic nitrogens is 2. The van der Waals surface area contributed by atoms with E-state index in [9.17, 15) is 4.79 Å². The summed E-state index contributed by atoms with van der Waals surface area (Å²) in [5.74, 6) is 1.60. The quantitative estimate of drug-likeness (QED) is 0.775. The Kier molecular flexibility index (Phi) is 6.48. The Balaban J connectivity index is 1.74. The minimum Gasteiger partial charge on any atom is -0.493 e. The minimum absolute atomic E-state index is 0.197. The van der Waals surface area contributed by atoms with Crippen molar-refractivity contribution >= 4 is 6.03 Å². The van der Waals surface area contributed by atoms with E-state index >= 15 is 0 Å². The highest BCUT2D eigenvalue weighted by molar-refractivity contribution is 5.73. The average molecular weight is 332 g/mol. The van der Waals surface area contributed by atoms with Gasteiger partial charge in [0, 0.05) is 32.0 Å². The van der Waals surface area contributed by atoms with Gasteiger partial charge in [-0.2, -0.15) is 5.10 Å². The molecule has 0 aliphatic carbocycles. The Hall–Kier alpha value is -2.70. The summed E-state index contributed by atoms with van der Waals surface area (Å²) in [6.45, 7) is 3.83. The van der Waals surface area contributed by atoms with E-state index in [2.05, 4.69) is 22.7 Å². The van der Waals surface area contributed by atoms with Crippen LogP contribution in [-0.2, 0) is 13.1 Å². The average Bonchev–Trinajstić information content (AvgIpc) is 3.10. The lowest BCUT2D eigenvalue weighted by Gasteiger charge is -2.14. The van der Waals surface area contributed by atoms with Crippen molar-refractivity contribution < 1.29 is 14.3 Å². The predicted octanol–water partition coefficient (Wildman–Crippen LogP) is 2.04. The van der Waals surface area contributed by atoms with Crippen LogP contribution in [0.5, 0.6) is 11.5 Å². The fourth-order valence-electron chi connectivity index (χ4n) is 2.29. The Bertz CT molecular complexity index is 643. The molecule has 1 heterocycles. The van der Waals surface area contributed by atoms with Crippen LogP contribution in [0, 0.1) is 5.92 Å². The van der Waals surface area contributed by atoms with Gasteiger partial charge in [0.05, 0.1) is 14.2 Å². The molecule has 1 atom stereocenters. The number of amides is 2. The number of urea groups is 1. The van der Waals surface area contributed by atoms with E-state index in [1.807, 2.05) is 35.1 Å². The Morgan fingerprint density at radius 3 is 2.71 bits per heavy atom. The summed E-state index contributed by atoms with van der Waals surface area (Å²) in [6, 6.07) is 7.24. The van der Waals surface area contributed by atoms with Crippen molar-refractivity contribution in [2.45, 2.75) is 20.0 Å². The molecular weight excluding hydrogens is 308 g/mol. The maximum Gasteiger partial charge on any atom is 0.315 e. The first-order chi connectivity index (χ1) is 11.6. The summed E-state index contributed by atoms with van der Waals surface area (Å²) < 4.78 is 12.3. The smallest absolute Gasteiger partial charge is 0.315 e. The van der Waals surface area contributed by atoms with Gasteiger partial charge < -0.3 is 20.1 Å². The lowest BCUT2D eigenvalue weighted by atomic mass is 10.2. The molecule has 0 fully saturated rings. The van der Waals surface area contributed by atoms with Gasteiger partial charge in [-0.15, -0.1) is 0 Å². The van der Waals surface area contributed by atoms with Gasteiger partial charge in [0.2, 0.25) is 0 Å². The lowest BCUT2D eigenvalue weighted by Crippen LogP contribution is -2.38. The third kappa shape index (κ3) is 5.19. The number of nitrogens with one attached hydrogen (secondary N) is 2. The molecule has 1 aromatic carbocycles. The first-order valence-electron chi connectivity index (χ1n) is 7.82. The first-order valence-corrected chi connectivity index (χ1v) is 7.82. The second-order valence-electron chi connectivity index (χ2n) is 5.59. The standard InChI is InChI=1S/C17H24N4O3/c1-13(12-21-8-4-7-20-21)10-18-17(22)19-11-14-5-6-15(23-2)16(9-14)24-3/h4-9,13H,10-12H2,1-3H3,(H2,18,19,22). The van der Waals surface area contributed by atoms with Gasteiger partial charge >= 0.3 is 6.03 Å². The molecule has 130 valence electrons. The Morgan fingerprint density at radius 1 is 1.25 bits per heavy atom. The van der Waals surface area contributed by atoms with E-state index < -0.39 is 0 Å². The summed E-state index contributed by atoms with van der Waals surface area (Å²) in [4.78, 5) is 11.9. The zero-order valence-corrected chi connectivity index (χ0v) is 14.3. The normalized spacial score (nSPS) is 11.6. The van der Waals surface area contributed by atoms with Crippen LogP contribution in [0.2, 0.25) is 0 Å². The largest absolute Gasteiger partial charge is 0.493 e. The topological polar surface area (TPSA) is 77.4 Å². The highest BCUT2D eigenvalue weighted by Gasteiger charge is 2.08. The fraction of sp³-hybridized carbons (Fsp3) is 0.412. The van der Waals surface area contributed by atoms with Crippen molar-refractivity contribution in [1.29, 1.82) is 0 Å². The zero-order chi connectivity index (χ0) is 17.4. The van der Waals surface area contributed by atoms with Crippen molar-refractivity contribution in [1.82, 2.24) is 20.4 Å². The lowest BCUT2D eigenvalue weighted by molar-refractivity contribution is 0.238. The number of carbonyl (C=O) groups excluding carboxylic acids is 1. The third-order valence-electron chi connectivity index (χ3n) is 3.57. The van der Waals surface area contributed by atoms with Crippen molar-refractivity contribution in [3.05, 3.63) is 42.2 Å². The van der Waals surface area contributed by atoms with Crippen LogP contribution in [0.15, 0.2) is 36.7 Å². The molecule has 1 aromatic heterocycles. The Morgan fingerprint density at radius 2 is 2.04 bits per heavy atom. The number of ether oxygens (including phenoxy) is 2. The fourth-order valence-corrected chi connectivity index (χ4v) is 2.29. The van der Waals surface area contributed by atoms with E-state index in [1.165, 1.54) is 0 Å². The van der Waals surface area contributed by atoms with Crippen LogP contribution in [-0.4, -0.2) is 36.6 Å². The van der Waals surface area contributed by atoms with Gasteiger partial charge in [-0.3, -0.25) is 4.68 Å². The minimum atomic E-state index is -0.197. The number of hydrogen-bond acceptors (Lipinski definition) is 4. The molecule has 0 saturated heterocycles. The van der Waals surface area contributed by atoms with Crippen molar-refractivity contribution in [2.75, 3.05) is 20.8 Å². The summed E-state index contributed by atoms with van der Waals surface area (Å²) in [5, 5.41) is 9.86. The van der Waals surface area contributed by atoms with Crippen LogP contribution in [0.1, 0.15) is 12.5 Å². The molecule has 7 heteroatoms. The summed E-state index contributed by atoms with van der Waals surface area (Å²) in [7, 11) is 3.18. The highest BCUT2D eigenvalue weighted by atomic mass is 16.5. The molecule has 0 bridgehead atoms. The molecule has 1 unspecified atom stereocenters. The molecule has 7 nitrogen and oxygen atoms in total. The SMILES string of the molecule is COc1ccc(CNC(=O)NCC(C)Cn2cccn2)cc1OC. The third-order valence-corrected chi connectivity index (χ3v) is 3.57. The van der Waals surface area contributed by atoms with Crippen LogP contribution in [0.3, 0.4) is 0 Å². The van der Waals surface area contributed by atoms with Gasteiger partial charge in [-0.1, -0.05) is 13.0 Å². The van der Waals surface area contributed by atoms with Gasteiger partial charge in [0.1, 0.15) is 0 Å².